The molecule has 3 rings (SSSR count). The van der Waals surface area contributed by atoms with Crippen molar-refractivity contribution in [1.29, 1.82) is 0 Å². The molecule has 1 fully saturated rings. The van der Waals surface area contributed by atoms with Gasteiger partial charge >= 0.3 is 6.09 Å². The first-order valence-electron chi connectivity index (χ1n) is 10.5. The van der Waals surface area contributed by atoms with Gasteiger partial charge in [-0.15, -0.1) is 10.2 Å². The maximum absolute atomic E-state index is 12.5. The third-order valence-corrected chi connectivity index (χ3v) is 5.51. The summed E-state index contributed by atoms with van der Waals surface area (Å²) >= 11 is 0. The summed E-state index contributed by atoms with van der Waals surface area (Å²) in [7, 11) is 0. The van der Waals surface area contributed by atoms with E-state index in [-0.39, 0.29) is 18.2 Å². The summed E-state index contributed by atoms with van der Waals surface area (Å²) < 4.78 is 7.88. The maximum atomic E-state index is 12.5. The molecule has 1 N–H and O–H groups in total. The van der Waals surface area contributed by atoms with Crippen molar-refractivity contribution in [2.24, 2.45) is 0 Å². The van der Waals surface area contributed by atoms with Crippen molar-refractivity contribution < 1.29 is 9.53 Å². The minimum atomic E-state index is -0.452. The zero-order chi connectivity index (χ0) is 19.4. The lowest BCUT2D eigenvalue weighted by Crippen LogP contribution is -2.49. The number of nitrogens with one attached hydrogen (secondary N) is 1. The molecule has 2 aliphatic heterocycles. The Morgan fingerprint density at radius 2 is 2.04 bits per heavy atom. The number of carbonyl (C=O) groups is 1. The van der Waals surface area contributed by atoms with E-state index in [9.17, 15) is 4.79 Å². The highest BCUT2D eigenvalue weighted by molar-refractivity contribution is 5.69. The number of fused-ring (bicyclic) bond motifs is 1. The number of hydrogen-bond donors (Lipinski definition) is 1. The van der Waals surface area contributed by atoms with E-state index in [1.807, 2.05) is 25.7 Å². The van der Waals surface area contributed by atoms with Gasteiger partial charge < -0.3 is 19.5 Å². The molecule has 27 heavy (non-hydrogen) atoms. The topological polar surface area (TPSA) is 72.3 Å². The predicted octanol–water partition coefficient (Wildman–Crippen LogP) is 2.92. The summed E-state index contributed by atoms with van der Waals surface area (Å²) in [5.41, 5.74) is -0.452. The van der Waals surface area contributed by atoms with E-state index in [0.29, 0.717) is 0 Å². The maximum Gasteiger partial charge on any atom is 0.410 e. The quantitative estimate of drug-likeness (QED) is 0.854. The Morgan fingerprint density at radius 3 is 2.81 bits per heavy atom. The van der Waals surface area contributed by atoms with Crippen LogP contribution in [0.15, 0.2) is 0 Å². The zero-order valence-electron chi connectivity index (χ0n) is 17.3. The summed E-state index contributed by atoms with van der Waals surface area (Å²) in [5.74, 6) is 2.23. The number of amides is 1. The largest absolute Gasteiger partial charge is 0.444 e. The van der Waals surface area contributed by atoms with Crippen LogP contribution in [0.5, 0.6) is 0 Å². The van der Waals surface area contributed by atoms with Crippen LogP contribution in [-0.4, -0.2) is 56.5 Å². The number of aromatic nitrogens is 3. The van der Waals surface area contributed by atoms with Gasteiger partial charge in [0.2, 0.25) is 0 Å². The van der Waals surface area contributed by atoms with Crippen LogP contribution >= 0.6 is 0 Å². The molecule has 7 nitrogen and oxygen atoms in total. The molecule has 152 valence electrons. The van der Waals surface area contributed by atoms with Crippen LogP contribution in [-0.2, 0) is 24.1 Å². The molecule has 2 aliphatic rings. The molecule has 0 radical (unpaired) electrons. The Morgan fingerprint density at radius 1 is 1.22 bits per heavy atom. The molecular weight excluding hydrogens is 342 g/mol. The molecule has 1 aromatic heterocycles. The number of ether oxygens (including phenoxy) is 1. The number of nitrogens with zero attached hydrogens (tertiary/aromatic N) is 4. The molecule has 0 saturated carbocycles. The molecule has 0 spiro atoms. The van der Waals surface area contributed by atoms with E-state index in [2.05, 4.69) is 27.0 Å². The first-order chi connectivity index (χ1) is 12.8. The fourth-order valence-corrected chi connectivity index (χ4v) is 4.14. The minimum absolute atomic E-state index is 0.190. The SMILES string of the molecule is C[C@@H](NCCc1nnc2n1CCCCC2)[C@H]1CCCN1C(=O)OC(C)(C)C. The average molecular weight is 378 g/mol. The van der Waals surface area contributed by atoms with Crippen LogP contribution in [0, 0.1) is 0 Å². The van der Waals surface area contributed by atoms with Crippen molar-refractivity contribution in [3.05, 3.63) is 11.6 Å². The molecule has 1 saturated heterocycles. The van der Waals surface area contributed by atoms with Gasteiger partial charge in [-0.3, -0.25) is 0 Å². The van der Waals surface area contributed by atoms with Crippen molar-refractivity contribution >= 4 is 6.09 Å². The van der Waals surface area contributed by atoms with E-state index in [1.54, 1.807) is 0 Å². The van der Waals surface area contributed by atoms with Crippen LogP contribution in [0.1, 0.15) is 71.4 Å². The van der Waals surface area contributed by atoms with E-state index in [0.717, 1.165) is 57.0 Å². The standard InChI is InChI=1S/C20H35N5O2/c1-15(16-9-8-14-24(16)19(26)27-20(2,3)4)21-12-11-18-23-22-17-10-6-5-7-13-25(17)18/h15-16,21H,5-14H2,1-4H3/t15-,16-/m1/s1. The normalized spacial score (nSPS) is 21.6. The van der Waals surface area contributed by atoms with Crippen LogP contribution in [0.25, 0.3) is 0 Å². The molecule has 2 atom stereocenters. The van der Waals surface area contributed by atoms with E-state index in [4.69, 9.17) is 4.74 Å². The molecule has 7 heteroatoms. The van der Waals surface area contributed by atoms with Gasteiger partial charge in [0.1, 0.15) is 17.2 Å². The Kier molecular flexibility index (Phi) is 6.40. The van der Waals surface area contributed by atoms with Crippen LogP contribution < -0.4 is 5.32 Å². The smallest absolute Gasteiger partial charge is 0.410 e. The van der Waals surface area contributed by atoms with Gasteiger partial charge in [-0.05, 0) is 53.4 Å². The monoisotopic (exact) mass is 377 g/mol. The lowest BCUT2D eigenvalue weighted by molar-refractivity contribution is 0.0201. The second-order valence-electron chi connectivity index (χ2n) is 8.87. The van der Waals surface area contributed by atoms with Gasteiger partial charge in [0, 0.05) is 38.5 Å². The van der Waals surface area contributed by atoms with Crippen LogP contribution in [0.4, 0.5) is 4.79 Å². The van der Waals surface area contributed by atoms with Gasteiger partial charge in [0.05, 0.1) is 6.04 Å². The number of carbonyl (C=O) groups excluding carboxylic acids is 1. The molecule has 0 bridgehead atoms. The summed E-state index contributed by atoms with van der Waals surface area (Å²) in [6, 6.07) is 0.418. The van der Waals surface area contributed by atoms with Gasteiger partial charge in [0.15, 0.2) is 0 Å². The van der Waals surface area contributed by atoms with Crippen molar-refractivity contribution in [2.45, 2.75) is 96.9 Å². The average Bonchev–Trinajstić information content (AvgIpc) is 3.15. The van der Waals surface area contributed by atoms with Crippen LogP contribution in [0.3, 0.4) is 0 Å². The van der Waals surface area contributed by atoms with Gasteiger partial charge in [-0.25, -0.2) is 4.79 Å². The Balaban J connectivity index is 1.51. The predicted molar refractivity (Wildman–Crippen MR) is 105 cm³/mol. The highest BCUT2D eigenvalue weighted by atomic mass is 16.6. The first-order valence-corrected chi connectivity index (χ1v) is 10.5. The number of likely N-dealkylation sites (tertiary alicyclic amines) is 1. The van der Waals surface area contributed by atoms with Crippen LogP contribution in [0.2, 0.25) is 0 Å². The molecule has 0 aromatic carbocycles. The Bertz CT molecular complexity index is 637. The van der Waals surface area contributed by atoms with Crippen molar-refractivity contribution in [1.82, 2.24) is 25.0 Å². The molecule has 1 aromatic rings. The molecular formula is C20H35N5O2. The lowest BCUT2D eigenvalue weighted by Gasteiger charge is -2.32. The highest BCUT2D eigenvalue weighted by Gasteiger charge is 2.35. The second-order valence-corrected chi connectivity index (χ2v) is 8.87. The minimum Gasteiger partial charge on any atom is -0.444 e. The summed E-state index contributed by atoms with van der Waals surface area (Å²) in [4.78, 5) is 14.4. The number of rotatable bonds is 5. The van der Waals surface area contributed by atoms with Gasteiger partial charge in [-0.1, -0.05) is 6.42 Å². The summed E-state index contributed by atoms with van der Waals surface area (Å²) in [5, 5.41) is 12.4. The summed E-state index contributed by atoms with van der Waals surface area (Å²) in [6.45, 7) is 10.6. The highest BCUT2D eigenvalue weighted by Crippen LogP contribution is 2.23. The fraction of sp³-hybridized carbons (Fsp3) is 0.850. The number of aryl methyl sites for hydroxylation is 1. The molecule has 0 aliphatic carbocycles. The Labute approximate surface area is 162 Å². The van der Waals surface area contributed by atoms with E-state index >= 15 is 0 Å². The lowest BCUT2D eigenvalue weighted by atomic mass is 10.1. The molecule has 3 heterocycles. The fourth-order valence-electron chi connectivity index (χ4n) is 4.14. The molecule has 0 unspecified atom stereocenters. The summed E-state index contributed by atoms with van der Waals surface area (Å²) in [6.07, 6.45) is 7.49. The first kappa shape index (κ1) is 20.1. The van der Waals surface area contributed by atoms with Crippen molar-refractivity contribution in [3.63, 3.8) is 0 Å². The number of hydrogen-bond acceptors (Lipinski definition) is 5. The van der Waals surface area contributed by atoms with Crippen molar-refractivity contribution in [3.8, 4) is 0 Å². The van der Waals surface area contributed by atoms with Crippen molar-refractivity contribution in [2.75, 3.05) is 13.1 Å². The second kappa shape index (κ2) is 8.59. The Hall–Kier alpha value is -1.63. The third kappa shape index (κ3) is 5.21. The zero-order valence-corrected chi connectivity index (χ0v) is 17.3. The van der Waals surface area contributed by atoms with E-state index < -0.39 is 5.60 Å². The van der Waals surface area contributed by atoms with Gasteiger partial charge in [-0.2, -0.15) is 0 Å². The van der Waals surface area contributed by atoms with Gasteiger partial charge in [0.25, 0.3) is 0 Å². The molecule has 1 amide bonds. The van der Waals surface area contributed by atoms with E-state index in [1.165, 1.54) is 19.3 Å². The third-order valence-electron chi connectivity index (χ3n) is 5.51.